The van der Waals surface area contributed by atoms with E-state index in [1.54, 1.807) is 18.9 Å². The van der Waals surface area contributed by atoms with Crippen LogP contribution in [0, 0.1) is 0 Å². The molecule has 20 heavy (non-hydrogen) atoms. The van der Waals surface area contributed by atoms with Gasteiger partial charge in [0.2, 0.25) is 0 Å². The second kappa shape index (κ2) is 7.70. The highest BCUT2D eigenvalue weighted by atomic mass is 32.2. The number of benzene rings is 1. The molecule has 0 aromatic heterocycles. The molecule has 0 bridgehead atoms. The molecule has 4 heteroatoms. The Balaban J connectivity index is 2.54. The highest BCUT2D eigenvalue weighted by molar-refractivity contribution is 8.13. The molecule has 1 aromatic rings. The SMILES string of the molecule is COC[C@H](C)N=C(N)SCc1ccc(C(C)(C)C)cc1. The minimum absolute atomic E-state index is 0.107. The lowest BCUT2D eigenvalue weighted by atomic mass is 9.87. The molecule has 1 atom stereocenters. The summed E-state index contributed by atoms with van der Waals surface area (Å²) in [5.41, 5.74) is 8.72. The largest absolute Gasteiger partial charge is 0.382 e. The van der Waals surface area contributed by atoms with Gasteiger partial charge in [-0.15, -0.1) is 0 Å². The monoisotopic (exact) mass is 294 g/mol. The van der Waals surface area contributed by atoms with Gasteiger partial charge in [0.05, 0.1) is 12.6 Å². The van der Waals surface area contributed by atoms with Gasteiger partial charge in [0, 0.05) is 12.9 Å². The van der Waals surface area contributed by atoms with Gasteiger partial charge in [0.15, 0.2) is 5.17 Å². The zero-order chi connectivity index (χ0) is 15.2. The Morgan fingerprint density at radius 1 is 1.30 bits per heavy atom. The Morgan fingerprint density at radius 2 is 1.90 bits per heavy atom. The van der Waals surface area contributed by atoms with E-state index in [2.05, 4.69) is 50.0 Å². The number of hydrogen-bond acceptors (Lipinski definition) is 3. The van der Waals surface area contributed by atoms with Crippen LogP contribution in [-0.4, -0.2) is 24.9 Å². The summed E-state index contributed by atoms with van der Waals surface area (Å²) in [6.07, 6.45) is 0. The van der Waals surface area contributed by atoms with Gasteiger partial charge in [0.1, 0.15) is 0 Å². The lowest BCUT2D eigenvalue weighted by Crippen LogP contribution is -2.15. The van der Waals surface area contributed by atoms with Crippen molar-refractivity contribution in [1.82, 2.24) is 0 Å². The van der Waals surface area contributed by atoms with Crippen LogP contribution in [0.3, 0.4) is 0 Å². The van der Waals surface area contributed by atoms with Crippen LogP contribution < -0.4 is 5.73 Å². The summed E-state index contributed by atoms with van der Waals surface area (Å²) in [6, 6.07) is 8.82. The number of ether oxygens (including phenoxy) is 1. The van der Waals surface area contributed by atoms with Gasteiger partial charge in [-0.25, -0.2) is 0 Å². The first-order valence-electron chi connectivity index (χ1n) is 6.87. The zero-order valence-corrected chi connectivity index (χ0v) is 14.0. The van der Waals surface area contributed by atoms with Crippen molar-refractivity contribution in [1.29, 1.82) is 0 Å². The van der Waals surface area contributed by atoms with Gasteiger partial charge in [-0.1, -0.05) is 56.8 Å². The number of nitrogens with two attached hydrogens (primary N) is 1. The second-order valence-corrected chi connectivity index (χ2v) is 7.00. The summed E-state index contributed by atoms with van der Waals surface area (Å²) in [7, 11) is 1.67. The Labute approximate surface area is 127 Å². The third-order valence-electron chi connectivity index (χ3n) is 2.96. The molecule has 112 valence electrons. The molecule has 0 aliphatic heterocycles. The van der Waals surface area contributed by atoms with Crippen molar-refractivity contribution in [2.75, 3.05) is 13.7 Å². The topological polar surface area (TPSA) is 47.6 Å². The first-order chi connectivity index (χ1) is 9.32. The molecule has 0 saturated carbocycles. The number of aliphatic imine (C=N–C) groups is 1. The van der Waals surface area contributed by atoms with Crippen molar-refractivity contribution >= 4 is 16.9 Å². The normalized spacial score (nSPS) is 14.3. The third kappa shape index (κ3) is 5.97. The van der Waals surface area contributed by atoms with Crippen LogP contribution in [0.2, 0.25) is 0 Å². The molecule has 0 amide bonds. The summed E-state index contributed by atoms with van der Waals surface area (Å²) >= 11 is 1.57. The van der Waals surface area contributed by atoms with Gasteiger partial charge in [-0.3, -0.25) is 4.99 Å². The van der Waals surface area contributed by atoms with Crippen molar-refractivity contribution in [2.24, 2.45) is 10.7 Å². The first kappa shape index (κ1) is 17.1. The van der Waals surface area contributed by atoms with Crippen LogP contribution in [-0.2, 0) is 15.9 Å². The highest BCUT2D eigenvalue weighted by Crippen LogP contribution is 2.23. The number of nitrogens with zero attached hydrogens (tertiary/aromatic N) is 1. The average Bonchev–Trinajstić information content (AvgIpc) is 2.36. The van der Waals surface area contributed by atoms with Crippen LogP contribution in [0.15, 0.2) is 29.3 Å². The Hall–Kier alpha value is -1.00. The molecule has 0 radical (unpaired) electrons. The molecule has 0 heterocycles. The Bertz CT molecular complexity index is 435. The predicted octanol–water partition coefficient (Wildman–Crippen LogP) is 3.57. The van der Waals surface area contributed by atoms with Crippen LogP contribution >= 0.6 is 11.8 Å². The number of rotatable bonds is 5. The molecular weight excluding hydrogens is 268 g/mol. The number of hydrogen-bond donors (Lipinski definition) is 1. The molecule has 0 spiro atoms. The average molecular weight is 294 g/mol. The molecule has 1 aromatic carbocycles. The summed E-state index contributed by atoms with van der Waals surface area (Å²) in [4.78, 5) is 4.37. The maximum absolute atomic E-state index is 5.91. The predicted molar refractivity (Wildman–Crippen MR) is 89.4 cm³/mol. The van der Waals surface area contributed by atoms with E-state index < -0.39 is 0 Å². The minimum atomic E-state index is 0.107. The molecular formula is C16H26N2OS. The standard InChI is InChI=1S/C16H26N2OS/c1-12(10-19-5)18-15(17)20-11-13-6-8-14(9-7-13)16(2,3)4/h6-9,12H,10-11H2,1-5H3,(H2,17,18)/t12-/m0/s1. The highest BCUT2D eigenvalue weighted by Gasteiger charge is 2.12. The smallest absolute Gasteiger partial charge is 0.154 e. The number of methoxy groups -OCH3 is 1. The maximum atomic E-state index is 5.91. The first-order valence-corrected chi connectivity index (χ1v) is 7.86. The van der Waals surface area contributed by atoms with Gasteiger partial charge in [-0.05, 0) is 23.5 Å². The summed E-state index contributed by atoms with van der Waals surface area (Å²) in [5.74, 6) is 0.847. The van der Waals surface area contributed by atoms with Crippen LogP contribution in [0.5, 0.6) is 0 Å². The summed E-state index contributed by atoms with van der Waals surface area (Å²) in [6.45, 7) is 9.26. The molecule has 0 aliphatic carbocycles. The van der Waals surface area contributed by atoms with Crippen molar-refractivity contribution in [3.05, 3.63) is 35.4 Å². The minimum Gasteiger partial charge on any atom is -0.382 e. The van der Waals surface area contributed by atoms with Crippen LogP contribution in [0.4, 0.5) is 0 Å². The fourth-order valence-corrected chi connectivity index (χ4v) is 2.55. The fraction of sp³-hybridized carbons (Fsp3) is 0.562. The molecule has 0 saturated heterocycles. The number of amidine groups is 1. The van der Waals surface area contributed by atoms with Crippen molar-refractivity contribution in [3.8, 4) is 0 Å². The number of thioether (sulfide) groups is 1. The fourth-order valence-electron chi connectivity index (χ4n) is 1.79. The van der Waals surface area contributed by atoms with Gasteiger partial charge in [-0.2, -0.15) is 0 Å². The molecule has 0 fully saturated rings. The third-order valence-corrected chi connectivity index (χ3v) is 3.84. The lowest BCUT2D eigenvalue weighted by Gasteiger charge is -2.19. The van der Waals surface area contributed by atoms with Crippen LogP contribution in [0.25, 0.3) is 0 Å². The molecule has 1 rings (SSSR count). The maximum Gasteiger partial charge on any atom is 0.154 e. The molecule has 0 aliphatic rings. The van der Waals surface area contributed by atoms with E-state index in [0.717, 1.165) is 5.75 Å². The summed E-state index contributed by atoms with van der Waals surface area (Å²) in [5, 5.41) is 0.620. The molecule has 2 N–H and O–H groups in total. The second-order valence-electron chi connectivity index (χ2n) is 6.01. The summed E-state index contributed by atoms with van der Waals surface area (Å²) < 4.78 is 5.04. The van der Waals surface area contributed by atoms with E-state index in [1.165, 1.54) is 11.1 Å². The van der Waals surface area contributed by atoms with E-state index >= 15 is 0 Å². The van der Waals surface area contributed by atoms with Gasteiger partial charge >= 0.3 is 0 Å². The van der Waals surface area contributed by atoms with E-state index in [1.807, 2.05) is 6.92 Å². The Kier molecular flexibility index (Phi) is 6.56. The zero-order valence-electron chi connectivity index (χ0n) is 13.1. The van der Waals surface area contributed by atoms with E-state index in [-0.39, 0.29) is 11.5 Å². The van der Waals surface area contributed by atoms with E-state index in [0.29, 0.717) is 11.8 Å². The van der Waals surface area contributed by atoms with Crippen molar-refractivity contribution < 1.29 is 4.74 Å². The molecule has 3 nitrogen and oxygen atoms in total. The quantitative estimate of drug-likeness (QED) is 0.667. The molecule has 0 unspecified atom stereocenters. The van der Waals surface area contributed by atoms with Crippen molar-refractivity contribution in [3.63, 3.8) is 0 Å². The van der Waals surface area contributed by atoms with Crippen molar-refractivity contribution in [2.45, 2.75) is 44.9 Å². The van der Waals surface area contributed by atoms with Gasteiger partial charge in [0.25, 0.3) is 0 Å². The Morgan fingerprint density at radius 3 is 2.40 bits per heavy atom. The van der Waals surface area contributed by atoms with Crippen LogP contribution in [0.1, 0.15) is 38.8 Å². The van der Waals surface area contributed by atoms with E-state index in [9.17, 15) is 0 Å². The lowest BCUT2D eigenvalue weighted by molar-refractivity contribution is 0.186. The van der Waals surface area contributed by atoms with E-state index in [4.69, 9.17) is 10.5 Å². The van der Waals surface area contributed by atoms with Gasteiger partial charge < -0.3 is 10.5 Å².